The zero-order chi connectivity index (χ0) is 16.4. The molecule has 0 N–H and O–H groups in total. The predicted octanol–water partition coefficient (Wildman–Crippen LogP) is 0.840. The topological polar surface area (TPSA) is 94.2 Å². The average molecular weight is 326 g/mol. The molecule has 0 spiro atoms. The molecular formula is C15H18N8O. The highest BCUT2D eigenvalue weighted by molar-refractivity contribution is 5.45. The number of nitrogens with zero attached hydrogens (tertiary/aromatic N) is 8. The molecule has 9 heteroatoms. The monoisotopic (exact) mass is 326 g/mol. The van der Waals surface area contributed by atoms with Crippen molar-refractivity contribution in [2.75, 3.05) is 25.1 Å². The van der Waals surface area contributed by atoms with Gasteiger partial charge in [0.15, 0.2) is 17.3 Å². The highest BCUT2D eigenvalue weighted by Crippen LogP contribution is 2.28. The first-order valence-electron chi connectivity index (χ1n) is 7.94. The van der Waals surface area contributed by atoms with Gasteiger partial charge < -0.3 is 9.64 Å². The number of fused-ring (bicyclic) bond motifs is 1. The molecule has 1 aliphatic rings. The van der Waals surface area contributed by atoms with Crippen LogP contribution in [0.5, 0.6) is 0 Å². The summed E-state index contributed by atoms with van der Waals surface area (Å²) in [4.78, 5) is 11.1. The standard InChI is InChI=1S/C15H18N8O/c1-24-10-13-16-7-6-12(17-13)11-3-2-8-22(9-11)15-5-4-14-18-20-21-23(14)19-15/h4-7,11H,2-3,8-10H2,1H3/t11-/m1/s1. The van der Waals surface area contributed by atoms with Crippen molar-refractivity contribution in [2.24, 2.45) is 0 Å². The van der Waals surface area contributed by atoms with Crippen molar-refractivity contribution in [1.82, 2.24) is 35.2 Å². The Kier molecular flexibility index (Phi) is 3.99. The van der Waals surface area contributed by atoms with Crippen LogP contribution in [0.25, 0.3) is 5.65 Å². The second kappa shape index (κ2) is 6.44. The van der Waals surface area contributed by atoms with E-state index < -0.39 is 0 Å². The molecule has 24 heavy (non-hydrogen) atoms. The summed E-state index contributed by atoms with van der Waals surface area (Å²) in [6.07, 6.45) is 4.00. The molecule has 1 fully saturated rings. The number of hydrogen-bond donors (Lipinski definition) is 0. The predicted molar refractivity (Wildman–Crippen MR) is 85.5 cm³/mol. The number of aromatic nitrogens is 7. The summed E-state index contributed by atoms with van der Waals surface area (Å²) in [5.74, 6) is 1.95. The minimum absolute atomic E-state index is 0.351. The number of hydrogen-bond acceptors (Lipinski definition) is 8. The first-order valence-corrected chi connectivity index (χ1v) is 7.94. The number of piperidine rings is 1. The van der Waals surface area contributed by atoms with Crippen LogP contribution < -0.4 is 4.90 Å². The van der Waals surface area contributed by atoms with Crippen molar-refractivity contribution in [3.05, 3.63) is 35.9 Å². The van der Waals surface area contributed by atoms with Gasteiger partial charge in [-0.15, -0.1) is 14.8 Å². The molecule has 0 unspecified atom stereocenters. The Balaban J connectivity index is 1.55. The summed E-state index contributed by atoms with van der Waals surface area (Å²) in [7, 11) is 1.65. The minimum atomic E-state index is 0.351. The number of methoxy groups -OCH3 is 1. The molecule has 0 saturated carbocycles. The van der Waals surface area contributed by atoms with E-state index in [-0.39, 0.29) is 0 Å². The van der Waals surface area contributed by atoms with Gasteiger partial charge in [-0.3, -0.25) is 0 Å². The van der Waals surface area contributed by atoms with Gasteiger partial charge in [0.25, 0.3) is 0 Å². The Morgan fingerprint density at radius 1 is 1.29 bits per heavy atom. The Bertz CT molecular complexity index is 835. The highest BCUT2D eigenvalue weighted by atomic mass is 16.5. The van der Waals surface area contributed by atoms with Crippen LogP contribution in [0, 0.1) is 0 Å². The van der Waals surface area contributed by atoms with Crippen LogP contribution in [0.3, 0.4) is 0 Å². The van der Waals surface area contributed by atoms with E-state index >= 15 is 0 Å². The van der Waals surface area contributed by atoms with Crippen LogP contribution in [0.1, 0.15) is 30.3 Å². The summed E-state index contributed by atoms with van der Waals surface area (Å²) in [5.41, 5.74) is 1.71. The van der Waals surface area contributed by atoms with Crippen molar-refractivity contribution in [3.63, 3.8) is 0 Å². The largest absolute Gasteiger partial charge is 0.377 e. The lowest BCUT2D eigenvalue weighted by Crippen LogP contribution is -2.35. The van der Waals surface area contributed by atoms with E-state index in [1.165, 1.54) is 4.63 Å². The average Bonchev–Trinajstić information content (AvgIpc) is 3.10. The van der Waals surface area contributed by atoms with Gasteiger partial charge in [0.2, 0.25) is 0 Å². The molecule has 4 rings (SSSR count). The van der Waals surface area contributed by atoms with E-state index in [1.54, 1.807) is 13.3 Å². The maximum Gasteiger partial charge on any atom is 0.200 e. The van der Waals surface area contributed by atoms with E-state index in [2.05, 4.69) is 35.5 Å². The highest BCUT2D eigenvalue weighted by Gasteiger charge is 2.24. The van der Waals surface area contributed by atoms with E-state index in [1.807, 2.05) is 18.2 Å². The number of anilines is 1. The zero-order valence-corrected chi connectivity index (χ0v) is 13.4. The van der Waals surface area contributed by atoms with Gasteiger partial charge in [-0.2, -0.15) is 0 Å². The van der Waals surface area contributed by atoms with Crippen LogP contribution in [0.4, 0.5) is 5.82 Å². The molecule has 0 radical (unpaired) electrons. The first-order chi connectivity index (χ1) is 11.8. The molecule has 0 aliphatic carbocycles. The van der Waals surface area contributed by atoms with Gasteiger partial charge >= 0.3 is 0 Å². The second-order valence-corrected chi connectivity index (χ2v) is 5.83. The molecule has 1 aliphatic heterocycles. The Hall–Kier alpha value is -2.68. The number of rotatable bonds is 4. The SMILES string of the molecule is COCc1nccc([C@@H]2CCCN(c3ccc4nnnn4n3)C2)n1. The molecular weight excluding hydrogens is 308 g/mol. The fourth-order valence-electron chi connectivity index (χ4n) is 3.08. The molecule has 3 aromatic heterocycles. The lowest BCUT2D eigenvalue weighted by molar-refractivity contribution is 0.177. The van der Waals surface area contributed by atoms with Gasteiger partial charge in [-0.25, -0.2) is 9.97 Å². The maximum atomic E-state index is 5.13. The van der Waals surface area contributed by atoms with Gasteiger partial charge in [0.1, 0.15) is 6.61 Å². The quantitative estimate of drug-likeness (QED) is 0.696. The molecule has 1 atom stereocenters. The van der Waals surface area contributed by atoms with Crippen molar-refractivity contribution in [2.45, 2.75) is 25.4 Å². The summed E-state index contributed by atoms with van der Waals surface area (Å²) < 4.78 is 6.59. The molecule has 4 heterocycles. The van der Waals surface area contributed by atoms with Gasteiger partial charge in [0.05, 0.1) is 0 Å². The molecule has 3 aromatic rings. The van der Waals surface area contributed by atoms with E-state index in [9.17, 15) is 0 Å². The van der Waals surface area contributed by atoms with Crippen molar-refractivity contribution in [1.29, 1.82) is 0 Å². The summed E-state index contributed by atoms with van der Waals surface area (Å²) in [6.45, 7) is 2.26. The summed E-state index contributed by atoms with van der Waals surface area (Å²) in [5, 5.41) is 15.9. The van der Waals surface area contributed by atoms with Gasteiger partial charge in [-0.1, -0.05) is 0 Å². The molecule has 0 amide bonds. The smallest absolute Gasteiger partial charge is 0.200 e. The lowest BCUT2D eigenvalue weighted by atomic mass is 9.94. The van der Waals surface area contributed by atoms with Crippen LogP contribution in [-0.4, -0.2) is 55.4 Å². The normalized spacial score (nSPS) is 18.2. The second-order valence-electron chi connectivity index (χ2n) is 5.83. The fraction of sp³-hybridized carbons (Fsp3) is 0.467. The minimum Gasteiger partial charge on any atom is -0.377 e. The van der Waals surface area contributed by atoms with Crippen molar-refractivity contribution in [3.8, 4) is 0 Å². The van der Waals surface area contributed by atoms with Crippen LogP contribution in [0.2, 0.25) is 0 Å². The van der Waals surface area contributed by atoms with Crippen molar-refractivity contribution < 1.29 is 4.74 Å². The van der Waals surface area contributed by atoms with Crippen LogP contribution >= 0.6 is 0 Å². The maximum absolute atomic E-state index is 5.13. The van der Waals surface area contributed by atoms with Crippen molar-refractivity contribution >= 4 is 11.5 Å². The summed E-state index contributed by atoms with van der Waals surface area (Å²) >= 11 is 0. The Morgan fingerprint density at radius 2 is 2.25 bits per heavy atom. The third-order valence-electron chi connectivity index (χ3n) is 4.22. The first kappa shape index (κ1) is 14.9. The molecule has 9 nitrogen and oxygen atoms in total. The lowest BCUT2D eigenvalue weighted by Gasteiger charge is -2.33. The molecule has 0 bridgehead atoms. The third kappa shape index (κ3) is 2.90. The number of ether oxygens (including phenoxy) is 1. The molecule has 0 aromatic carbocycles. The Labute approximate surface area is 138 Å². The van der Waals surface area contributed by atoms with Crippen LogP contribution in [-0.2, 0) is 11.3 Å². The fourth-order valence-corrected chi connectivity index (χ4v) is 3.08. The third-order valence-corrected chi connectivity index (χ3v) is 4.22. The molecule has 124 valence electrons. The van der Waals surface area contributed by atoms with Gasteiger partial charge in [-0.05, 0) is 41.5 Å². The Morgan fingerprint density at radius 3 is 3.17 bits per heavy atom. The summed E-state index contributed by atoms with van der Waals surface area (Å²) in [6, 6.07) is 5.84. The van der Waals surface area contributed by atoms with E-state index in [4.69, 9.17) is 4.74 Å². The number of tetrazole rings is 1. The van der Waals surface area contributed by atoms with Gasteiger partial charge in [0, 0.05) is 38.0 Å². The van der Waals surface area contributed by atoms with E-state index in [0.29, 0.717) is 18.2 Å². The molecule has 1 saturated heterocycles. The van der Waals surface area contributed by atoms with Crippen LogP contribution in [0.15, 0.2) is 24.4 Å². The zero-order valence-electron chi connectivity index (χ0n) is 13.4. The van der Waals surface area contributed by atoms with E-state index in [0.717, 1.165) is 43.3 Å².